The van der Waals surface area contributed by atoms with Crippen molar-refractivity contribution in [2.24, 2.45) is 0 Å². The van der Waals surface area contributed by atoms with E-state index in [0.717, 1.165) is 10.5 Å². The van der Waals surface area contributed by atoms with Crippen LogP contribution in [-0.2, 0) is 16.1 Å². The lowest BCUT2D eigenvalue weighted by Gasteiger charge is -2.31. The average molecular weight is 453 g/mol. The van der Waals surface area contributed by atoms with Crippen LogP contribution in [0.5, 0.6) is 0 Å². The highest BCUT2D eigenvalue weighted by atomic mass is 35.5. The normalized spacial score (nSPS) is 11.7. The molecule has 0 saturated carbocycles. The van der Waals surface area contributed by atoms with Crippen molar-refractivity contribution in [2.75, 3.05) is 12.3 Å². The molecule has 0 spiro atoms. The summed E-state index contributed by atoms with van der Waals surface area (Å²) in [4.78, 5) is 28.3. The number of benzene rings is 2. The van der Waals surface area contributed by atoms with Crippen molar-refractivity contribution in [3.05, 3.63) is 64.1 Å². The monoisotopic (exact) mass is 452 g/mol. The van der Waals surface area contributed by atoms with Gasteiger partial charge in [0.05, 0.1) is 0 Å². The second kappa shape index (κ2) is 12.1. The average Bonchev–Trinajstić information content (AvgIpc) is 2.71. The van der Waals surface area contributed by atoms with E-state index >= 15 is 0 Å². The lowest BCUT2D eigenvalue weighted by Crippen LogP contribution is -2.49. The number of nitrogens with zero attached hydrogens (tertiary/aromatic N) is 1. The number of hydrogen-bond acceptors (Lipinski definition) is 3. The third kappa shape index (κ3) is 7.25. The standard InChI is InChI=1S/C22H26Cl2N2O2S/c1-3-20(22(28)25-4-2)26(15-16-7-5-6-8-19(16)24)21(27)13-14-29-18-11-9-17(23)10-12-18/h5-12,20H,3-4,13-15H2,1-2H3,(H,25,28). The van der Waals surface area contributed by atoms with Crippen molar-refractivity contribution >= 4 is 46.8 Å². The number of carbonyl (C=O) groups is 2. The predicted molar refractivity (Wildman–Crippen MR) is 122 cm³/mol. The third-order valence-electron chi connectivity index (χ3n) is 4.43. The molecule has 0 heterocycles. The first-order valence-electron chi connectivity index (χ1n) is 9.65. The molecule has 0 saturated heterocycles. The molecule has 0 radical (unpaired) electrons. The van der Waals surface area contributed by atoms with Crippen LogP contribution >= 0.6 is 35.0 Å². The molecule has 2 amide bonds. The van der Waals surface area contributed by atoms with Gasteiger partial charge in [0.25, 0.3) is 0 Å². The van der Waals surface area contributed by atoms with E-state index in [-0.39, 0.29) is 11.8 Å². The van der Waals surface area contributed by atoms with Gasteiger partial charge in [-0.3, -0.25) is 9.59 Å². The van der Waals surface area contributed by atoms with Gasteiger partial charge in [0.1, 0.15) is 6.04 Å². The number of likely N-dealkylation sites (N-methyl/N-ethyl adjacent to an activating group) is 1. The Hall–Kier alpha value is -1.69. The lowest BCUT2D eigenvalue weighted by atomic mass is 10.1. The van der Waals surface area contributed by atoms with Crippen LogP contribution in [0.2, 0.25) is 10.0 Å². The van der Waals surface area contributed by atoms with Gasteiger partial charge in [0, 0.05) is 40.2 Å². The van der Waals surface area contributed by atoms with Crippen molar-refractivity contribution in [3.8, 4) is 0 Å². The summed E-state index contributed by atoms with van der Waals surface area (Å²) in [6.07, 6.45) is 0.861. The Kier molecular flexibility index (Phi) is 9.85. The van der Waals surface area contributed by atoms with E-state index in [0.29, 0.717) is 41.7 Å². The molecule has 2 aromatic rings. The van der Waals surface area contributed by atoms with Gasteiger partial charge in [-0.25, -0.2) is 0 Å². The van der Waals surface area contributed by atoms with Crippen LogP contribution in [0.25, 0.3) is 0 Å². The SMILES string of the molecule is CCNC(=O)C(CC)N(Cc1ccccc1Cl)C(=O)CCSc1ccc(Cl)cc1. The van der Waals surface area contributed by atoms with Crippen molar-refractivity contribution < 1.29 is 9.59 Å². The molecule has 0 aliphatic heterocycles. The van der Waals surface area contributed by atoms with Crippen molar-refractivity contribution in [3.63, 3.8) is 0 Å². The van der Waals surface area contributed by atoms with Crippen LogP contribution in [0.15, 0.2) is 53.4 Å². The topological polar surface area (TPSA) is 49.4 Å². The minimum Gasteiger partial charge on any atom is -0.355 e. The molecule has 29 heavy (non-hydrogen) atoms. The fourth-order valence-corrected chi connectivity index (χ4v) is 4.11. The molecule has 0 aliphatic carbocycles. The molecule has 0 aliphatic rings. The fraction of sp³-hybridized carbons (Fsp3) is 0.364. The summed E-state index contributed by atoms with van der Waals surface area (Å²) in [7, 11) is 0. The van der Waals surface area contributed by atoms with Gasteiger partial charge in [0.2, 0.25) is 11.8 Å². The summed E-state index contributed by atoms with van der Waals surface area (Å²) >= 11 is 13.8. The van der Waals surface area contributed by atoms with Crippen molar-refractivity contribution in [2.45, 2.75) is 44.2 Å². The number of halogens is 2. The van der Waals surface area contributed by atoms with E-state index in [4.69, 9.17) is 23.2 Å². The number of thioether (sulfide) groups is 1. The lowest BCUT2D eigenvalue weighted by molar-refractivity contribution is -0.141. The Bertz CT molecular complexity index is 815. The zero-order valence-corrected chi connectivity index (χ0v) is 19.0. The Balaban J connectivity index is 2.11. The van der Waals surface area contributed by atoms with E-state index in [2.05, 4.69) is 5.32 Å². The summed E-state index contributed by atoms with van der Waals surface area (Å²) in [5.41, 5.74) is 0.829. The quantitative estimate of drug-likeness (QED) is 0.489. The predicted octanol–water partition coefficient (Wildman–Crippen LogP) is 5.42. The first-order valence-corrected chi connectivity index (χ1v) is 11.4. The Labute approximate surface area is 187 Å². The zero-order valence-electron chi connectivity index (χ0n) is 16.7. The minimum atomic E-state index is -0.528. The van der Waals surface area contributed by atoms with Gasteiger partial charge >= 0.3 is 0 Å². The van der Waals surface area contributed by atoms with E-state index in [1.807, 2.05) is 56.3 Å². The van der Waals surface area contributed by atoms with Crippen LogP contribution in [0.4, 0.5) is 0 Å². The summed E-state index contributed by atoms with van der Waals surface area (Å²) < 4.78 is 0. The molecule has 1 atom stereocenters. The highest BCUT2D eigenvalue weighted by molar-refractivity contribution is 7.99. The molecule has 156 valence electrons. The summed E-state index contributed by atoms with van der Waals surface area (Å²) in [6.45, 7) is 4.61. The zero-order chi connectivity index (χ0) is 21.2. The molecule has 2 aromatic carbocycles. The Morgan fingerprint density at radius 1 is 1.07 bits per heavy atom. The number of hydrogen-bond donors (Lipinski definition) is 1. The molecule has 7 heteroatoms. The largest absolute Gasteiger partial charge is 0.355 e. The van der Waals surface area contributed by atoms with Crippen LogP contribution in [-0.4, -0.2) is 35.1 Å². The van der Waals surface area contributed by atoms with Gasteiger partial charge in [-0.15, -0.1) is 11.8 Å². The maximum Gasteiger partial charge on any atom is 0.242 e. The van der Waals surface area contributed by atoms with Crippen molar-refractivity contribution in [1.82, 2.24) is 10.2 Å². The molecular formula is C22H26Cl2N2O2S. The van der Waals surface area contributed by atoms with Gasteiger partial charge in [0.15, 0.2) is 0 Å². The van der Waals surface area contributed by atoms with Crippen LogP contribution in [0, 0.1) is 0 Å². The molecular weight excluding hydrogens is 427 g/mol. The second-order valence-corrected chi connectivity index (χ2v) is 8.50. The first kappa shape index (κ1) is 23.6. The summed E-state index contributed by atoms with van der Waals surface area (Å²) in [5, 5.41) is 4.11. The second-order valence-electron chi connectivity index (χ2n) is 6.48. The molecule has 4 nitrogen and oxygen atoms in total. The first-order chi connectivity index (χ1) is 14.0. The van der Waals surface area contributed by atoms with E-state index in [1.54, 1.807) is 22.7 Å². The van der Waals surface area contributed by atoms with Crippen molar-refractivity contribution in [1.29, 1.82) is 0 Å². The summed E-state index contributed by atoms with van der Waals surface area (Å²) in [5.74, 6) is 0.413. The smallest absolute Gasteiger partial charge is 0.242 e. The fourth-order valence-electron chi connectivity index (χ4n) is 2.95. The Morgan fingerprint density at radius 3 is 2.38 bits per heavy atom. The third-order valence-corrected chi connectivity index (χ3v) is 6.07. The van der Waals surface area contributed by atoms with Crippen LogP contribution in [0.1, 0.15) is 32.3 Å². The molecule has 1 unspecified atom stereocenters. The summed E-state index contributed by atoms with van der Waals surface area (Å²) in [6, 6.07) is 14.4. The van der Waals surface area contributed by atoms with Gasteiger partial charge in [-0.1, -0.05) is 48.3 Å². The highest BCUT2D eigenvalue weighted by Crippen LogP contribution is 2.23. The van der Waals surface area contributed by atoms with Gasteiger partial charge in [-0.2, -0.15) is 0 Å². The van der Waals surface area contributed by atoms with E-state index in [1.165, 1.54) is 0 Å². The molecule has 1 N–H and O–H groups in total. The number of rotatable bonds is 10. The number of nitrogens with one attached hydrogen (secondary N) is 1. The highest BCUT2D eigenvalue weighted by Gasteiger charge is 2.28. The van der Waals surface area contributed by atoms with Gasteiger partial charge < -0.3 is 10.2 Å². The van der Waals surface area contributed by atoms with Crippen LogP contribution in [0.3, 0.4) is 0 Å². The Morgan fingerprint density at radius 2 is 1.76 bits per heavy atom. The molecule has 0 fully saturated rings. The maximum absolute atomic E-state index is 13.1. The van der Waals surface area contributed by atoms with Crippen LogP contribution < -0.4 is 5.32 Å². The molecule has 0 aromatic heterocycles. The molecule has 0 bridgehead atoms. The number of carbonyl (C=O) groups excluding carboxylic acids is 2. The molecule has 2 rings (SSSR count). The minimum absolute atomic E-state index is 0.0653. The maximum atomic E-state index is 13.1. The van der Waals surface area contributed by atoms with Gasteiger partial charge in [-0.05, 0) is 49.2 Å². The van der Waals surface area contributed by atoms with E-state index < -0.39 is 6.04 Å². The number of amides is 2. The van der Waals surface area contributed by atoms with E-state index in [9.17, 15) is 9.59 Å².